The summed E-state index contributed by atoms with van der Waals surface area (Å²) in [5.41, 5.74) is 2.80. The van der Waals surface area contributed by atoms with Crippen LogP contribution in [-0.4, -0.2) is 15.5 Å². The van der Waals surface area contributed by atoms with Crippen LogP contribution in [0.4, 0.5) is 0 Å². The Bertz CT molecular complexity index is 944. The number of nitrogens with zero attached hydrogens (tertiary/aromatic N) is 1. The van der Waals surface area contributed by atoms with Crippen molar-refractivity contribution in [1.82, 2.24) is 4.57 Å². The molecule has 3 heteroatoms. The van der Waals surface area contributed by atoms with Crippen LogP contribution in [0.2, 0.25) is 0 Å². The molecule has 1 heterocycles. The van der Waals surface area contributed by atoms with Crippen molar-refractivity contribution in [3.8, 4) is 5.75 Å². The third kappa shape index (κ3) is 1.79. The topological polar surface area (TPSA) is 49.0 Å². The largest absolute Gasteiger partial charge is 0.508 e. The number of phenolic OH excluding ortho intramolecular Hbond substituents is 1. The molecule has 0 atom stereocenters. The minimum Gasteiger partial charge on any atom is -0.508 e. The van der Waals surface area contributed by atoms with Crippen molar-refractivity contribution >= 4 is 27.6 Å². The molecule has 0 fully saturated rings. The van der Waals surface area contributed by atoms with E-state index in [1.807, 2.05) is 41.0 Å². The SMILES string of the molecule is N=C(c1ccc(O)cc1)n1c2ccccc2c2ccccc21. The maximum atomic E-state index is 9.44. The van der Waals surface area contributed by atoms with Gasteiger partial charge in [0.15, 0.2) is 0 Å². The minimum atomic E-state index is 0.207. The van der Waals surface area contributed by atoms with E-state index < -0.39 is 0 Å². The lowest BCUT2D eigenvalue weighted by atomic mass is 10.2. The highest BCUT2D eigenvalue weighted by molar-refractivity contribution is 6.16. The molecule has 3 aromatic carbocycles. The Kier molecular flexibility index (Phi) is 2.73. The number of aromatic hydroxyl groups is 1. The molecule has 3 nitrogen and oxygen atoms in total. The Morgan fingerprint density at radius 3 is 1.77 bits per heavy atom. The predicted molar refractivity (Wildman–Crippen MR) is 89.8 cm³/mol. The molecule has 0 radical (unpaired) electrons. The number of para-hydroxylation sites is 2. The standard InChI is InChI=1S/C19H14N2O/c20-19(13-9-11-14(22)12-10-13)21-17-7-3-1-5-15(17)16-6-2-4-8-18(16)21/h1-12,20,22H. The molecular weight excluding hydrogens is 272 g/mol. The number of rotatable bonds is 1. The van der Waals surface area contributed by atoms with Gasteiger partial charge in [0.2, 0.25) is 0 Å². The van der Waals surface area contributed by atoms with Gasteiger partial charge in [-0.3, -0.25) is 9.98 Å². The zero-order valence-corrected chi connectivity index (χ0v) is 11.8. The van der Waals surface area contributed by atoms with Gasteiger partial charge in [-0.25, -0.2) is 0 Å². The third-order valence-corrected chi connectivity index (χ3v) is 3.94. The molecule has 0 bridgehead atoms. The van der Waals surface area contributed by atoms with E-state index in [0.29, 0.717) is 5.84 Å². The summed E-state index contributed by atoms with van der Waals surface area (Å²) < 4.78 is 1.96. The molecule has 0 spiro atoms. The van der Waals surface area contributed by atoms with Crippen LogP contribution >= 0.6 is 0 Å². The molecule has 22 heavy (non-hydrogen) atoms. The lowest BCUT2D eigenvalue weighted by molar-refractivity contribution is 0.475. The number of hydrogen-bond acceptors (Lipinski definition) is 2. The molecular formula is C19H14N2O. The van der Waals surface area contributed by atoms with Gasteiger partial charge in [-0.05, 0) is 36.4 Å². The van der Waals surface area contributed by atoms with Crippen LogP contribution in [0.15, 0.2) is 72.8 Å². The second-order valence-corrected chi connectivity index (χ2v) is 5.27. The first-order valence-corrected chi connectivity index (χ1v) is 7.12. The summed E-state index contributed by atoms with van der Waals surface area (Å²) in [5.74, 6) is 0.608. The summed E-state index contributed by atoms with van der Waals surface area (Å²) in [5, 5.41) is 20.3. The van der Waals surface area contributed by atoms with Gasteiger partial charge >= 0.3 is 0 Å². The van der Waals surface area contributed by atoms with Crippen LogP contribution in [0, 0.1) is 5.41 Å². The van der Waals surface area contributed by atoms with Crippen molar-refractivity contribution in [2.24, 2.45) is 0 Å². The lowest BCUT2D eigenvalue weighted by Crippen LogP contribution is -2.11. The van der Waals surface area contributed by atoms with Gasteiger partial charge < -0.3 is 5.11 Å². The first-order chi connectivity index (χ1) is 10.8. The Labute approximate surface area is 127 Å². The molecule has 106 valence electrons. The van der Waals surface area contributed by atoms with E-state index >= 15 is 0 Å². The maximum absolute atomic E-state index is 9.44. The predicted octanol–water partition coefficient (Wildman–Crippen LogP) is 4.37. The average molecular weight is 286 g/mol. The van der Waals surface area contributed by atoms with E-state index in [0.717, 1.165) is 27.4 Å². The summed E-state index contributed by atoms with van der Waals surface area (Å²) in [6, 6.07) is 23.0. The Hall–Kier alpha value is -3.07. The highest BCUT2D eigenvalue weighted by atomic mass is 16.3. The smallest absolute Gasteiger partial charge is 0.137 e. The molecule has 0 amide bonds. The molecule has 0 saturated carbocycles. The van der Waals surface area contributed by atoms with Gasteiger partial charge in [-0.2, -0.15) is 0 Å². The monoisotopic (exact) mass is 286 g/mol. The minimum absolute atomic E-state index is 0.207. The maximum Gasteiger partial charge on any atom is 0.137 e. The zero-order valence-electron chi connectivity index (χ0n) is 11.8. The molecule has 0 aliphatic carbocycles. The average Bonchev–Trinajstić information content (AvgIpc) is 2.89. The van der Waals surface area contributed by atoms with E-state index in [1.54, 1.807) is 24.3 Å². The van der Waals surface area contributed by atoms with Crippen molar-refractivity contribution in [3.63, 3.8) is 0 Å². The van der Waals surface area contributed by atoms with Gasteiger partial charge in [0.05, 0.1) is 11.0 Å². The van der Waals surface area contributed by atoms with Gasteiger partial charge in [-0.15, -0.1) is 0 Å². The van der Waals surface area contributed by atoms with Gasteiger partial charge in [0.25, 0.3) is 0 Å². The van der Waals surface area contributed by atoms with Crippen LogP contribution in [-0.2, 0) is 0 Å². The van der Waals surface area contributed by atoms with E-state index in [4.69, 9.17) is 5.41 Å². The highest BCUT2D eigenvalue weighted by Gasteiger charge is 2.14. The summed E-state index contributed by atoms with van der Waals surface area (Å²) in [4.78, 5) is 0. The molecule has 0 unspecified atom stereocenters. The molecule has 1 aromatic heterocycles. The second-order valence-electron chi connectivity index (χ2n) is 5.27. The summed E-state index contributed by atoms with van der Waals surface area (Å²) in [7, 11) is 0. The highest BCUT2D eigenvalue weighted by Crippen LogP contribution is 2.29. The summed E-state index contributed by atoms with van der Waals surface area (Å²) in [6.07, 6.45) is 0. The second kappa shape index (κ2) is 4.74. The van der Waals surface area contributed by atoms with E-state index in [-0.39, 0.29) is 5.75 Å². The normalized spacial score (nSPS) is 11.1. The van der Waals surface area contributed by atoms with Gasteiger partial charge in [0, 0.05) is 16.3 Å². The van der Waals surface area contributed by atoms with Crippen molar-refractivity contribution in [3.05, 3.63) is 78.4 Å². The van der Waals surface area contributed by atoms with Crippen molar-refractivity contribution in [2.75, 3.05) is 0 Å². The first kappa shape index (κ1) is 12.7. The van der Waals surface area contributed by atoms with E-state index in [9.17, 15) is 5.11 Å². The third-order valence-electron chi connectivity index (χ3n) is 3.94. The number of fused-ring (bicyclic) bond motifs is 3. The Morgan fingerprint density at radius 1 is 0.727 bits per heavy atom. The molecule has 4 rings (SSSR count). The van der Waals surface area contributed by atoms with Crippen LogP contribution in [0.3, 0.4) is 0 Å². The van der Waals surface area contributed by atoms with E-state index in [2.05, 4.69) is 12.1 Å². The zero-order chi connectivity index (χ0) is 15.1. The van der Waals surface area contributed by atoms with Crippen LogP contribution < -0.4 is 0 Å². The van der Waals surface area contributed by atoms with Crippen LogP contribution in [0.1, 0.15) is 5.56 Å². The lowest BCUT2D eigenvalue weighted by Gasteiger charge is -2.09. The van der Waals surface area contributed by atoms with E-state index in [1.165, 1.54) is 0 Å². The number of nitrogens with one attached hydrogen (secondary N) is 1. The Morgan fingerprint density at radius 2 is 1.23 bits per heavy atom. The molecule has 4 aromatic rings. The van der Waals surface area contributed by atoms with Crippen LogP contribution in [0.25, 0.3) is 21.8 Å². The van der Waals surface area contributed by atoms with Crippen molar-refractivity contribution in [2.45, 2.75) is 0 Å². The fraction of sp³-hybridized carbons (Fsp3) is 0. The quantitative estimate of drug-likeness (QED) is 0.396. The fourth-order valence-electron chi connectivity index (χ4n) is 2.91. The fourth-order valence-corrected chi connectivity index (χ4v) is 2.91. The van der Waals surface area contributed by atoms with Crippen molar-refractivity contribution in [1.29, 1.82) is 5.41 Å². The number of aromatic nitrogens is 1. The molecule has 0 saturated heterocycles. The Balaban J connectivity index is 2.04. The number of benzene rings is 3. The number of hydrogen-bond donors (Lipinski definition) is 2. The summed E-state index contributed by atoms with van der Waals surface area (Å²) >= 11 is 0. The van der Waals surface area contributed by atoms with Gasteiger partial charge in [-0.1, -0.05) is 36.4 Å². The first-order valence-electron chi connectivity index (χ1n) is 7.12. The van der Waals surface area contributed by atoms with Crippen molar-refractivity contribution < 1.29 is 5.11 Å². The summed E-state index contributed by atoms with van der Waals surface area (Å²) in [6.45, 7) is 0. The molecule has 0 aliphatic heterocycles. The van der Waals surface area contributed by atoms with Crippen LogP contribution in [0.5, 0.6) is 5.75 Å². The van der Waals surface area contributed by atoms with Gasteiger partial charge in [0.1, 0.15) is 11.6 Å². The molecule has 0 aliphatic rings. The number of phenols is 1. The molecule has 2 N–H and O–H groups in total.